The van der Waals surface area contributed by atoms with Crippen molar-refractivity contribution >= 4 is 28.4 Å². The van der Waals surface area contributed by atoms with Crippen LogP contribution in [0.15, 0.2) is 53.6 Å². The van der Waals surface area contributed by atoms with Crippen LogP contribution in [0.25, 0.3) is 0 Å². The van der Waals surface area contributed by atoms with Gasteiger partial charge in [0.05, 0.1) is 6.54 Å². The van der Waals surface area contributed by atoms with Crippen molar-refractivity contribution in [1.29, 1.82) is 0 Å². The van der Waals surface area contributed by atoms with Crippen LogP contribution in [0, 0.1) is 11.2 Å². The molecule has 7 nitrogen and oxygen atoms in total. The van der Waals surface area contributed by atoms with Crippen molar-refractivity contribution in [3.8, 4) is 0 Å². The molecular weight excluding hydrogens is 457 g/mol. The number of carbonyl (C=O) groups excluding carboxylic acids is 1. The highest BCUT2D eigenvalue weighted by Crippen LogP contribution is 2.40. The maximum absolute atomic E-state index is 15.0. The number of urea groups is 1. The van der Waals surface area contributed by atoms with Gasteiger partial charge in [-0.05, 0) is 24.3 Å². The summed E-state index contributed by atoms with van der Waals surface area (Å²) in [7, 11) is -0.795. The van der Waals surface area contributed by atoms with Crippen LogP contribution in [0.1, 0.15) is 11.1 Å². The number of hydrazone groups is 1. The smallest absolute Gasteiger partial charge is 0.324 e. The van der Waals surface area contributed by atoms with Gasteiger partial charge < -0.3 is 9.64 Å². The number of rotatable bonds is 5. The maximum Gasteiger partial charge on any atom is 0.324 e. The number of nitrogens with zero attached hydrogens (tertiary/aromatic N) is 3. The highest BCUT2D eigenvalue weighted by atomic mass is 32.2. The Labute approximate surface area is 190 Å². The molecule has 2 aromatic rings. The number of carbonyl (C=O) groups is 1. The van der Waals surface area contributed by atoms with E-state index in [2.05, 4.69) is 10.5 Å². The number of hydrogen-bond acceptors (Lipinski definition) is 5. The fourth-order valence-electron chi connectivity index (χ4n) is 4.28. The summed E-state index contributed by atoms with van der Waals surface area (Å²) in [6, 6.07) is 12.9. The number of benzene rings is 2. The lowest BCUT2D eigenvalue weighted by Crippen LogP contribution is -2.69. The molecule has 0 bridgehead atoms. The molecule has 0 radical (unpaired) electrons. The van der Waals surface area contributed by atoms with Crippen LogP contribution in [0.2, 0.25) is 0 Å². The minimum atomic E-state index is -2.78. The second-order valence-corrected chi connectivity index (χ2v) is 9.97. The van der Waals surface area contributed by atoms with Gasteiger partial charge in [-0.15, -0.1) is 5.10 Å². The molecule has 2 amide bonds. The van der Waals surface area contributed by atoms with Crippen molar-refractivity contribution in [1.82, 2.24) is 10.3 Å². The van der Waals surface area contributed by atoms with E-state index >= 15 is 0 Å². The Kier molecular flexibility index (Phi) is 5.51. The summed E-state index contributed by atoms with van der Waals surface area (Å²) in [4.78, 5) is 16.4. The van der Waals surface area contributed by atoms with E-state index in [1.807, 2.05) is 6.07 Å². The molecule has 0 aromatic heterocycles. The highest BCUT2D eigenvalue weighted by molar-refractivity contribution is 7.86. The first-order valence-electron chi connectivity index (χ1n) is 10.4. The summed E-state index contributed by atoms with van der Waals surface area (Å²) in [5.74, 6) is 0.504. The van der Waals surface area contributed by atoms with E-state index in [0.29, 0.717) is 30.3 Å². The highest BCUT2D eigenvalue weighted by Gasteiger charge is 2.53. The van der Waals surface area contributed by atoms with Gasteiger partial charge in [0.15, 0.2) is 0 Å². The predicted octanol–water partition coefficient (Wildman–Crippen LogP) is 2.89. The van der Waals surface area contributed by atoms with Crippen LogP contribution in [-0.2, 0) is 22.1 Å². The van der Waals surface area contributed by atoms with Crippen LogP contribution in [0.3, 0.4) is 0 Å². The van der Waals surface area contributed by atoms with Gasteiger partial charge in [0.1, 0.15) is 5.82 Å². The summed E-state index contributed by atoms with van der Waals surface area (Å²) in [6.45, 7) is 1.06. The van der Waals surface area contributed by atoms with Crippen molar-refractivity contribution in [2.75, 3.05) is 29.5 Å². The molecule has 3 aliphatic rings. The summed E-state index contributed by atoms with van der Waals surface area (Å²) in [5.41, 5.74) is 3.22. The standard InChI is InChI=1S/C22H21F3N4O3S/c23-17-8-14(19-26-27-20(32-19)18(24)25)6-7-15(17)9-29(16-4-2-1-3-5-16)21(30)28-10-22(11-28)12-33(31)13-22/h1-8,18,20,27H,9-13H2. The molecule has 33 heavy (non-hydrogen) atoms. The molecule has 1 spiro atoms. The number of alkyl halides is 2. The molecular formula is C22H21F3N4O3S. The summed E-state index contributed by atoms with van der Waals surface area (Å²) >= 11 is 0. The van der Waals surface area contributed by atoms with E-state index in [1.54, 1.807) is 29.2 Å². The lowest BCUT2D eigenvalue weighted by atomic mass is 9.83. The van der Waals surface area contributed by atoms with E-state index in [0.717, 1.165) is 6.07 Å². The van der Waals surface area contributed by atoms with Crippen LogP contribution in [-0.4, -0.2) is 58.3 Å². The number of likely N-dealkylation sites (tertiary alicyclic amines) is 1. The van der Waals surface area contributed by atoms with Crippen molar-refractivity contribution in [3.63, 3.8) is 0 Å². The molecule has 0 saturated carbocycles. The number of para-hydroxylation sites is 1. The Balaban J connectivity index is 1.33. The van der Waals surface area contributed by atoms with Crippen molar-refractivity contribution in [2.45, 2.75) is 19.2 Å². The molecule has 2 fully saturated rings. The number of amides is 2. The molecule has 174 valence electrons. The Morgan fingerprint density at radius 3 is 2.58 bits per heavy atom. The Bertz CT molecular complexity index is 1120. The third-order valence-corrected chi connectivity index (χ3v) is 7.81. The number of ether oxygens (including phenoxy) is 1. The van der Waals surface area contributed by atoms with Gasteiger partial charge in [-0.3, -0.25) is 14.5 Å². The fourth-order valence-corrected chi connectivity index (χ4v) is 5.93. The number of hydrogen-bond donors (Lipinski definition) is 1. The third kappa shape index (κ3) is 4.17. The summed E-state index contributed by atoms with van der Waals surface area (Å²) in [5, 5.41) is 3.70. The zero-order valence-electron chi connectivity index (χ0n) is 17.4. The molecule has 5 rings (SSSR count). The molecule has 2 saturated heterocycles. The minimum Gasteiger partial charge on any atom is -0.445 e. The quantitative estimate of drug-likeness (QED) is 0.717. The first-order chi connectivity index (χ1) is 15.8. The van der Waals surface area contributed by atoms with Crippen LogP contribution < -0.4 is 10.3 Å². The van der Waals surface area contributed by atoms with Crippen molar-refractivity contribution in [2.24, 2.45) is 10.5 Å². The van der Waals surface area contributed by atoms with E-state index in [4.69, 9.17) is 4.74 Å². The Morgan fingerprint density at radius 2 is 1.97 bits per heavy atom. The molecule has 3 aliphatic heterocycles. The van der Waals surface area contributed by atoms with Crippen LogP contribution >= 0.6 is 0 Å². The van der Waals surface area contributed by atoms with Gasteiger partial charge in [0.2, 0.25) is 12.1 Å². The zero-order valence-corrected chi connectivity index (χ0v) is 18.2. The molecule has 1 N–H and O–H groups in total. The van der Waals surface area contributed by atoms with E-state index in [-0.39, 0.29) is 35.0 Å². The second-order valence-electron chi connectivity index (χ2n) is 8.51. The van der Waals surface area contributed by atoms with Gasteiger partial charge in [-0.2, -0.15) is 0 Å². The average molecular weight is 478 g/mol. The van der Waals surface area contributed by atoms with Crippen molar-refractivity contribution in [3.05, 3.63) is 65.5 Å². The van der Waals surface area contributed by atoms with Gasteiger partial charge in [-0.25, -0.2) is 18.0 Å². The number of nitrogens with one attached hydrogen (secondary N) is 1. The summed E-state index contributed by atoms with van der Waals surface area (Å²) in [6.07, 6.45) is -4.34. The molecule has 2 aromatic carbocycles. The third-order valence-electron chi connectivity index (χ3n) is 5.95. The Hall–Kier alpha value is -3.08. The minimum absolute atomic E-state index is 0.0182. The maximum atomic E-state index is 15.0. The Morgan fingerprint density at radius 1 is 1.24 bits per heavy atom. The van der Waals surface area contributed by atoms with E-state index < -0.39 is 29.3 Å². The predicted molar refractivity (Wildman–Crippen MR) is 117 cm³/mol. The van der Waals surface area contributed by atoms with Crippen LogP contribution in [0.5, 0.6) is 0 Å². The van der Waals surface area contributed by atoms with Gasteiger partial charge in [-0.1, -0.05) is 24.3 Å². The average Bonchev–Trinajstić information content (AvgIpc) is 3.25. The van der Waals surface area contributed by atoms with Gasteiger partial charge in [0.25, 0.3) is 6.43 Å². The lowest BCUT2D eigenvalue weighted by molar-refractivity contribution is 0.000583. The van der Waals surface area contributed by atoms with E-state index in [1.165, 1.54) is 17.0 Å². The van der Waals surface area contributed by atoms with Crippen LogP contribution in [0.4, 0.5) is 23.7 Å². The zero-order chi connectivity index (χ0) is 23.2. The largest absolute Gasteiger partial charge is 0.445 e. The first-order valence-corrected chi connectivity index (χ1v) is 11.9. The first kappa shape index (κ1) is 21.7. The normalized spacial score (nSPS) is 21.2. The molecule has 1 atom stereocenters. The second kappa shape index (κ2) is 8.36. The van der Waals surface area contributed by atoms with Gasteiger partial charge >= 0.3 is 6.03 Å². The number of anilines is 1. The molecule has 0 aliphatic carbocycles. The monoisotopic (exact) mass is 478 g/mol. The van der Waals surface area contributed by atoms with Crippen molar-refractivity contribution < 1.29 is 26.9 Å². The van der Waals surface area contributed by atoms with Gasteiger partial charge in [0, 0.05) is 57.6 Å². The molecule has 3 heterocycles. The molecule has 11 heteroatoms. The lowest BCUT2D eigenvalue weighted by Gasteiger charge is -2.55. The molecule has 1 unspecified atom stereocenters. The van der Waals surface area contributed by atoms with E-state index in [9.17, 15) is 22.2 Å². The fraction of sp³-hybridized carbons (Fsp3) is 0.364. The summed E-state index contributed by atoms with van der Waals surface area (Å²) < 4.78 is 57.0. The SMILES string of the molecule is O=C(N1CC2(C1)CS(=O)C2)N(Cc1ccc(C2=NNC(C(F)F)O2)cc1F)c1ccccc1. The number of halogens is 3. The topological polar surface area (TPSA) is 74.2 Å².